The average molecular weight is 347 g/mol. The number of likely N-dealkylation sites (tertiary alicyclic amines) is 1. The van der Waals surface area contributed by atoms with Crippen LogP contribution in [0.4, 0.5) is 0 Å². The van der Waals surface area contributed by atoms with Crippen LogP contribution in [0.5, 0.6) is 0 Å². The number of halogens is 1. The average Bonchev–Trinajstić information content (AvgIpc) is 3.22. The van der Waals surface area contributed by atoms with Crippen LogP contribution in [0, 0.1) is 0 Å². The van der Waals surface area contributed by atoms with Crippen LogP contribution in [0.15, 0.2) is 36.4 Å². The molecule has 128 valence electrons. The van der Waals surface area contributed by atoms with E-state index in [0.29, 0.717) is 24.7 Å². The van der Waals surface area contributed by atoms with Crippen molar-refractivity contribution in [2.75, 3.05) is 13.1 Å². The molecule has 2 fully saturated rings. The second-order valence-electron chi connectivity index (χ2n) is 6.74. The Bertz CT molecular complexity index is 726. The maximum Gasteiger partial charge on any atom is 0.274 e. The molecular formula is C18H23ClN4O. The number of rotatable bonds is 3. The molecule has 0 bridgehead atoms. The van der Waals surface area contributed by atoms with Gasteiger partial charge in [0.25, 0.3) is 5.91 Å². The van der Waals surface area contributed by atoms with Gasteiger partial charge in [-0.25, -0.2) is 0 Å². The van der Waals surface area contributed by atoms with Gasteiger partial charge in [0.15, 0.2) is 5.69 Å². The predicted molar refractivity (Wildman–Crippen MR) is 95.5 cm³/mol. The van der Waals surface area contributed by atoms with E-state index in [4.69, 9.17) is 5.73 Å². The van der Waals surface area contributed by atoms with Gasteiger partial charge in [-0.2, -0.15) is 5.10 Å². The molecule has 6 heteroatoms. The van der Waals surface area contributed by atoms with Crippen LogP contribution >= 0.6 is 12.4 Å². The number of aromatic nitrogens is 2. The molecule has 5 nitrogen and oxygen atoms in total. The molecule has 2 aromatic rings. The van der Waals surface area contributed by atoms with E-state index in [2.05, 4.69) is 17.2 Å². The lowest BCUT2D eigenvalue weighted by molar-refractivity contribution is 0.0782. The third-order valence-corrected chi connectivity index (χ3v) is 5.01. The van der Waals surface area contributed by atoms with Gasteiger partial charge in [0, 0.05) is 43.7 Å². The molecule has 0 radical (unpaired) electrons. The molecule has 1 aliphatic heterocycles. The first-order chi connectivity index (χ1) is 11.1. The van der Waals surface area contributed by atoms with Crippen LogP contribution in [-0.2, 0) is 7.05 Å². The SMILES string of the molecule is Cl.Cn1nc(C(=O)N2C[C@@H](N)[C@H](c3ccccc3)C2)cc1C1CC1. The van der Waals surface area contributed by atoms with Crippen LogP contribution in [0.1, 0.15) is 46.4 Å². The highest BCUT2D eigenvalue weighted by molar-refractivity contribution is 5.92. The molecule has 1 saturated heterocycles. The predicted octanol–water partition coefficient (Wildman–Crippen LogP) is 2.29. The van der Waals surface area contributed by atoms with Crippen molar-refractivity contribution in [1.29, 1.82) is 0 Å². The summed E-state index contributed by atoms with van der Waals surface area (Å²) < 4.78 is 1.86. The third kappa shape index (κ3) is 3.06. The highest BCUT2D eigenvalue weighted by Gasteiger charge is 2.36. The number of benzene rings is 1. The summed E-state index contributed by atoms with van der Waals surface area (Å²) in [6, 6.07) is 12.2. The Morgan fingerprint density at radius 1 is 1.21 bits per heavy atom. The molecule has 4 rings (SSSR count). The number of carbonyl (C=O) groups excluding carboxylic acids is 1. The largest absolute Gasteiger partial charge is 0.335 e. The number of amides is 1. The first kappa shape index (κ1) is 17.0. The van der Waals surface area contributed by atoms with Gasteiger partial charge in [0.05, 0.1) is 0 Å². The first-order valence-electron chi connectivity index (χ1n) is 8.27. The third-order valence-electron chi connectivity index (χ3n) is 5.01. The van der Waals surface area contributed by atoms with Crippen molar-refractivity contribution in [3.05, 3.63) is 53.3 Å². The second-order valence-corrected chi connectivity index (χ2v) is 6.74. The van der Waals surface area contributed by atoms with Gasteiger partial charge in [-0.05, 0) is 24.5 Å². The van der Waals surface area contributed by atoms with E-state index in [9.17, 15) is 4.79 Å². The number of carbonyl (C=O) groups is 1. The van der Waals surface area contributed by atoms with Gasteiger partial charge in [0.2, 0.25) is 0 Å². The van der Waals surface area contributed by atoms with E-state index < -0.39 is 0 Å². The van der Waals surface area contributed by atoms with Crippen molar-refractivity contribution < 1.29 is 4.79 Å². The monoisotopic (exact) mass is 346 g/mol. The first-order valence-corrected chi connectivity index (χ1v) is 8.27. The lowest BCUT2D eigenvalue weighted by Crippen LogP contribution is -2.32. The standard InChI is InChI=1S/C18H22N4O.ClH/c1-21-17(13-7-8-13)9-16(20-21)18(23)22-10-14(15(19)11-22)12-5-3-2-4-6-12;/h2-6,9,13-15H,7-8,10-11,19H2,1H3;1H/t14-,15+;/m0./s1. The molecule has 1 saturated carbocycles. The number of nitrogens with two attached hydrogens (primary N) is 1. The number of hydrogen-bond donors (Lipinski definition) is 1. The smallest absolute Gasteiger partial charge is 0.274 e. The summed E-state index contributed by atoms with van der Waals surface area (Å²) in [6.45, 7) is 1.26. The molecule has 1 aromatic heterocycles. The zero-order valence-electron chi connectivity index (χ0n) is 13.8. The van der Waals surface area contributed by atoms with Gasteiger partial charge >= 0.3 is 0 Å². The minimum Gasteiger partial charge on any atom is -0.335 e. The van der Waals surface area contributed by atoms with Crippen molar-refractivity contribution >= 4 is 18.3 Å². The van der Waals surface area contributed by atoms with Gasteiger partial charge in [-0.3, -0.25) is 9.48 Å². The Hall–Kier alpha value is -1.85. The van der Waals surface area contributed by atoms with Crippen molar-refractivity contribution in [1.82, 2.24) is 14.7 Å². The zero-order valence-corrected chi connectivity index (χ0v) is 14.6. The van der Waals surface area contributed by atoms with Gasteiger partial charge in [0.1, 0.15) is 0 Å². The molecular weight excluding hydrogens is 324 g/mol. The highest BCUT2D eigenvalue weighted by Crippen LogP contribution is 2.40. The van der Waals surface area contributed by atoms with E-state index in [0.717, 1.165) is 0 Å². The molecule has 24 heavy (non-hydrogen) atoms. The number of aryl methyl sites for hydroxylation is 1. The van der Waals surface area contributed by atoms with E-state index in [-0.39, 0.29) is 30.3 Å². The van der Waals surface area contributed by atoms with Crippen LogP contribution in [0.2, 0.25) is 0 Å². The molecule has 0 spiro atoms. The van der Waals surface area contributed by atoms with E-state index in [1.165, 1.54) is 24.1 Å². The van der Waals surface area contributed by atoms with Crippen LogP contribution in [-0.4, -0.2) is 39.7 Å². The molecule has 2 aliphatic rings. The molecule has 1 aliphatic carbocycles. The van der Waals surface area contributed by atoms with Gasteiger partial charge < -0.3 is 10.6 Å². The summed E-state index contributed by atoms with van der Waals surface area (Å²) >= 11 is 0. The maximum atomic E-state index is 12.8. The Morgan fingerprint density at radius 2 is 1.92 bits per heavy atom. The Labute approximate surface area is 148 Å². The van der Waals surface area contributed by atoms with Crippen molar-refractivity contribution in [3.8, 4) is 0 Å². The minimum absolute atomic E-state index is 0. The summed E-state index contributed by atoms with van der Waals surface area (Å²) in [6.07, 6.45) is 2.41. The summed E-state index contributed by atoms with van der Waals surface area (Å²) in [5, 5.41) is 4.42. The second kappa shape index (κ2) is 6.57. The van der Waals surface area contributed by atoms with Crippen molar-refractivity contribution in [2.45, 2.75) is 30.7 Å². The van der Waals surface area contributed by atoms with E-state index in [1.807, 2.05) is 40.9 Å². The lowest BCUT2D eigenvalue weighted by Gasteiger charge is -2.15. The van der Waals surface area contributed by atoms with Gasteiger partial charge in [-0.15, -0.1) is 12.4 Å². The molecule has 0 unspecified atom stereocenters. The minimum atomic E-state index is -0.0204. The number of hydrogen-bond acceptors (Lipinski definition) is 3. The van der Waals surface area contributed by atoms with E-state index >= 15 is 0 Å². The Morgan fingerprint density at radius 3 is 2.58 bits per heavy atom. The highest BCUT2D eigenvalue weighted by atomic mass is 35.5. The van der Waals surface area contributed by atoms with Crippen LogP contribution in [0.3, 0.4) is 0 Å². The fraction of sp³-hybridized carbons (Fsp3) is 0.444. The van der Waals surface area contributed by atoms with Crippen molar-refractivity contribution in [2.24, 2.45) is 12.8 Å². The summed E-state index contributed by atoms with van der Waals surface area (Å²) in [7, 11) is 1.92. The lowest BCUT2D eigenvalue weighted by atomic mass is 9.95. The van der Waals surface area contributed by atoms with Crippen LogP contribution in [0.25, 0.3) is 0 Å². The molecule has 1 amide bonds. The summed E-state index contributed by atoms with van der Waals surface area (Å²) in [5.74, 6) is 0.792. The van der Waals surface area contributed by atoms with E-state index in [1.54, 1.807) is 0 Å². The summed E-state index contributed by atoms with van der Waals surface area (Å²) in [4.78, 5) is 14.6. The fourth-order valence-corrected chi connectivity index (χ4v) is 3.56. The Balaban J connectivity index is 0.00000169. The van der Waals surface area contributed by atoms with Crippen LogP contribution < -0.4 is 5.73 Å². The Kier molecular flexibility index (Phi) is 4.65. The quantitative estimate of drug-likeness (QED) is 0.927. The van der Waals surface area contributed by atoms with Gasteiger partial charge in [-0.1, -0.05) is 30.3 Å². The fourth-order valence-electron chi connectivity index (χ4n) is 3.56. The normalized spacial score (nSPS) is 23.2. The molecule has 1 aromatic carbocycles. The molecule has 2 atom stereocenters. The van der Waals surface area contributed by atoms with Crippen molar-refractivity contribution in [3.63, 3.8) is 0 Å². The zero-order chi connectivity index (χ0) is 16.0. The topological polar surface area (TPSA) is 64.2 Å². The number of nitrogens with zero attached hydrogens (tertiary/aromatic N) is 3. The molecule has 2 heterocycles. The summed E-state index contributed by atoms with van der Waals surface area (Å²) in [5.41, 5.74) is 9.22. The molecule has 2 N–H and O–H groups in total. The maximum absolute atomic E-state index is 12.8.